The van der Waals surface area contributed by atoms with Gasteiger partial charge in [-0.1, -0.05) is 176 Å². The van der Waals surface area contributed by atoms with Crippen molar-refractivity contribution in [3.05, 3.63) is 231 Å². The van der Waals surface area contributed by atoms with Gasteiger partial charge in [-0.05, 0) is 82.2 Å². The number of rotatable bonds is 6. The van der Waals surface area contributed by atoms with Crippen molar-refractivity contribution in [2.24, 2.45) is 0 Å². The predicted molar refractivity (Wildman–Crippen MR) is 267 cm³/mol. The van der Waals surface area contributed by atoms with Crippen LogP contribution in [0.4, 0.5) is 0 Å². The summed E-state index contributed by atoms with van der Waals surface area (Å²) in [6.07, 6.45) is 0. The second-order valence-electron chi connectivity index (χ2n) is 16.5. The quantitative estimate of drug-likeness (QED) is 0.168. The lowest BCUT2D eigenvalue weighted by atomic mass is 9.99. The fourth-order valence-electron chi connectivity index (χ4n) is 9.97. The summed E-state index contributed by atoms with van der Waals surface area (Å²) in [6.45, 7) is 0. The third-order valence-corrected chi connectivity index (χ3v) is 12.9. The molecule has 13 rings (SSSR count). The van der Waals surface area contributed by atoms with Crippen molar-refractivity contribution < 1.29 is 0 Å². The number of fused-ring (bicyclic) bond motifs is 10. The Balaban J connectivity index is 1.06. The van der Waals surface area contributed by atoms with Crippen LogP contribution in [0.1, 0.15) is 0 Å². The molecule has 10 aromatic carbocycles. The molecule has 0 bridgehead atoms. The molecular weight excluding hydrogens is 777 g/mol. The van der Waals surface area contributed by atoms with Crippen molar-refractivity contribution in [1.29, 1.82) is 0 Å². The van der Waals surface area contributed by atoms with E-state index in [0.29, 0.717) is 5.82 Å². The van der Waals surface area contributed by atoms with E-state index in [9.17, 15) is 0 Å². The molecule has 0 aliphatic rings. The first kappa shape index (κ1) is 36.1. The van der Waals surface area contributed by atoms with Gasteiger partial charge in [0.15, 0.2) is 5.82 Å². The van der Waals surface area contributed by atoms with E-state index in [0.717, 1.165) is 61.3 Å². The minimum atomic E-state index is 0.696. The number of aromatic nitrogens is 4. The Morgan fingerprint density at radius 2 is 0.891 bits per heavy atom. The van der Waals surface area contributed by atoms with E-state index in [4.69, 9.17) is 9.97 Å². The Bertz CT molecular complexity index is 3920. The summed E-state index contributed by atoms with van der Waals surface area (Å²) in [5.41, 5.74) is 15.4. The normalized spacial score (nSPS) is 11.8. The number of nitrogens with zero attached hydrogens (tertiary/aromatic N) is 4. The lowest BCUT2D eigenvalue weighted by Gasteiger charge is -2.14. The van der Waals surface area contributed by atoms with Crippen molar-refractivity contribution in [2.75, 3.05) is 0 Å². The molecular formula is C60H38N4. The minimum Gasteiger partial charge on any atom is -0.309 e. The van der Waals surface area contributed by atoms with Crippen LogP contribution >= 0.6 is 0 Å². The van der Waals surface area contributed by atoms with Gasteiger partial charge in [0.2, 0.25) is 0 Å². The van der Waals surface area contributed by atoms with Crippen LogP contribution in [0.5, 0.6) is 0 Å². The van der Waals surface area contributed by atoms with E-state index < -0.39 is 0 Å². The second kappa shape index (κ2) is 14.5. The topological polar surface area (TPSA) is 35.6 Å². The second-order valence-corrected chi connectivity index (χ2v) is 16.5. The Kier molecular flexibility index (Phi) is 8.18. The zero-order valence-electron chi connectivity index (χ0n) is 34.7. The molecule has 298 valence electrons. The van der Waals surface area contributed by atoms with Gasteiger partial charge < -0.3 is 9.13 Å². The highest BCUT2D eigenvalue weighted by Crippen LogP contribution is 2.44. The monoisotopic (exact) mass is 814 g/mol. The SMILES string of the molecule is c1ccc(-c2ccc(-c3nc(-c4cccc(-c5ccccc5)c4)c4cc(-n5c6ccccc6c6c7c8ccc9ccccc9c8n(-c8ccccc8)c7ccc65)ccc4n3)cc2)cc1. The zero-order chi connectivity index (χ0) is 42.1. The summed E-state index contributed by atoms with van der Waals surface area (Å²) in [5, 5.41) is 8.40. The molecule has 0 saturated carbocycles. The Hall–Kier alpha value is -8.60. The van der Waals surface area contributed by atoms with Crippen molar-refractivity contribution >= 4 is 65.3 Å². The predicted octanol–water partition coefficient (Wildman–Crippen LogP) is 15.6. The van der Waals surface area contributed by atoms with E-state index in [1.807, 2.05) is 6.07 Å². The van der Waals surface area contributed by atoms with E-state index in [1.165, 1.54) is 54.5 Å². The van der Waals surface area contributed by atoms with E-state index >= 15 is 0 Å². The molecule has 13 aromatic rings. The van der Waals surface area contributed by atoms with Crippen molar-refractivity contribution in [1.82, 2.24) is 19.1 Å². The molecule has 64 heavy (non-hydrogen) atoms. The van der Waals surface area contributed by atoms with Crippen LogP contribution in [-0.4, -0.2) is 19.1 Å². The summed E-state index contributed by atoms with van der Waals surface area (Å²) in [4.78, 5) is 10.7. The molecule has 4 nitrogen and oxygen atoms in total. The molecule has 3 heterocycles. The minimum absolute atomic E-state index is 0.696. The number of benzene rings is 10. The number of hydrogen-bond donors (Lipinski definition) is 0. The van der Waals surface area contributed by atoms with Gasteiger partial charge in [-0.2, -0.15) is 0 Å². The van der Waals surface area contributed by atoms with Crippen LogP contribution in [-0.2, 0) is 0 Å². The Morgan fingerprint density at radius 1 is 0.297 bits per heavy atom. The van der Waals surface area contributed by atoms with Crippen molar-refractivity contribution in [3.63, 3.8) is 0 Å². The van der Waals surface area contributed by atoms with Gasteiger partial charge in [0, 0.05) is 54.8 Å². The maximum atomic E-state index is 5.43. The van der Waals surface area contributed by atoms with Crippen molar-refractivity contribution in [2.45, 2.75) is 0 Å². The summed E-state index contributed by atoms with van der Waals surface area (Å²) in [6, 6.07) is 82.6. The first-order valence-electron chi connectivity index (χ1n) is 21.8. The molecule has 0 atom stereocenters. The number of hydrogen-bond acceptors (Lipinski definition) is 2. The highest BCUT2D eigenvalue weighted by Gasteiger charge is 2.22. The van der Waals surface area contributed by atoms with Crippen LogP contribution in [0.2, 0.25) is 0 Å². The maximum Gasteiger partial charge on any atom is 0.160 e. The standard InChI is InChI=1S/C60H38N4/c1-4-15-39(16-5-1)41-27-29-43(30-28-41)60-61-52-34-32-47(38-51(52)58(62-60)45-21-14-20-44(37-45)40-17-6-2-7-18-40)63-53-26-13-12-25-49(53)56-54(63)35-36-55-57(56)50-33-31-42-19-10-11-24-48(42)59(50)64(55)46-22-8-3-9-23-46/h1-38H. The fourth-order valence-corrected chi connectivity index (χ4v) is 9.97. The van der Waals surface area contributed by atoms with Gasteiger partial charge in [-0.25, -0.2) is 9.97 Å². The molecule has 0 N–H and O–H groups in total. The third kappa shape index (κ3) is 5.70. The van der Waals surface area contributed by atoms with Gasteiger partial charge >= 0.3 is 0 Å². The summed E-state index contributed by atoms with van der Waals surface area (Å²) in [5.74, 6) is 0.696. The summed E-state index contributed by atoms with van der Waals surface area (Å²) < 4.78 is 4.88. The molecule has 3 aromatic heterocycles. The molecule has 0 aliphatic carbocycles. The highest BCUT2D eigenvalue weighted by molar-refractivity contribution is 6.31. The summed E-state index contributed by atoms with van der Waals surface area (Å²) in [7, 11) is 0. The molecule has 0 aliphatic heterocycles. The van der Waals surface area contributed by atoms with Crippen LogP contribution in [0, 0.1) is 0 Å². The lowest BCUT2D eigenvalue weighted by molar-refractivity contribution is 1.17. The Labute approximate surface area is 369 Å². The van der Waals surface area contributed by atoms with Crippen LogP contribution < -0.4 is 0 Å². The Morgan fingerprint density at radius 3 is 1.67 bits per heavy atom. The molecule has 0 amide bonds. The molecule has 0 radical (unpaired) electrons. The first-order valence-corrected chi connectivity index (χ1v) is 21.8. The lowest BCUT2D eigenvalue weighted by Crippen LogP contribution is -1.99. The average Bonchev–Trinajstić information content (AvgIpc) is 3.90. The highest BCUT2D eigenvalue weighted by atomic mass is 15.0. The van der Waals surface area contributed by atoms with Crippen LogP contribution in [0.15, 0.2) is 231 Å². The third-order valence-electron chi connectivity index (χ3n) is 12.9. The van der Waals surface area contributed by atoms with Gasteiger partial charge in [-0.3, -0.25) is 0 Å². The smallest absolute Gasteiger partial charge is 0.160 e. The van der Waals surface area contributed by atoms with Gasteiger partial charge in [-0.15, -0.1) is 0 Å². The van der Waals surface area contributed by atoms with E-state index in [-0.39, 0.29) is 0 Å². The molecule has 4 heteroatoms. The largest absolute Gasteiger partial charge is 0.309 e. The van der Waals surface area contributed by atoms with Gasteiger partial charge in [0.1, 0.15) is 0 Å². The first-order chi connectivity index (χ1) is 31.7. The van der Waals surface area contributed by atoms with Gasteiger partial charge in [0.25, 0.3) is 0 Å². The van der Waals surface area contributed by atoms with Crippen molar-refractivity contribution in [3.8, 4) is 56.3 Å². The number of para-hydroxylation sites is 2. The summed E-state index contributed by atoms with van der Waals surface area (Å²) >= 11 is 0. The van der Waals surface area contributed by atoms with E-state index in [2.05, 4.69) is 234 Å². The maximum absolute atomic E-state index is 5.43. The molecule has 0 fully saturated rings. The fraction of sp³-hybridized carbons (Fsp3) is 0. The molecule has 0 spiro atoms. The molecule has 0 unspecified atom stereocenters. The van der Waals surface area contributed by atoms with Gasteiger partial charge in [0.05, 0.1) is 33.3 Å². The molecule has 0 saturated heterocycles. The average molecular weight is 815 g/mol. The van der Waals surface area contributed by atoms with Crippen LogP contribution in [0.25, 0.3) is 122 Å². The van der Waals surface area contributed by atoms with Crippen LogP contribution in [0.3, 0.4) is 0 Å². The van der Waals surface area contributed by atoms with E-state index in [1.54, 1.807) is 0 Å². The zero-order valence-corrected chi connectivity index (χ0v) is 34.7.